The summed E-state index contributed by atoms with van der Waals surface area (Å²) < 4.78 is 5.47. The number of amides is 1. The Kier molecular flexibility index (Phi) is 10.3. The highest BCUT2D eigenvalue weighted by Crippen LogP contribution is 1.84. The summed E-state index contributed by atoms with van der Waals surface area (Å²) in [6.45, 7) is 11.0. The smallest absolute Gasteiger partial charge is 0.300 e. The monoisotopic (exact) mass is 256 g/mol. The maximum atomic E-state index is 11.0. The van der Waals surface area contributed by atoms with Crippen LogP contribution < -0.4 is 5.32 Å². The second kappa shape index (κ2) is 11.0. The van der Waals surface area contributed by atoms with E-state index in [0.29, 0.717) is 13.2 Å². The highest BCUT2D eigenvalue weighted by atomic mass is 16.5. The van der Waals surface area contributed by atoms with Gasteiger partial charge in [0.2, 0.25) is 0 Å². The van der Waals surface area contributed by atoms with E-state index >= 15 is 0 Å². The fourth-order valence-corrected chi connectivity index (χ4v) is 1.20. The van der Waals surface area contributed by atoms with Crippen molar-refractivity contribution in [3.05, 3.63) is 11.4 Å². The predicted octanol–water partition coefficient (Wildman–Crippen LogP) is -0.468. The van der Waals surface area contributed by atoms with E-state index in [1.807, 2.05) is 21.1 Å². The molecule has 0 saturated heterocycles. The van der Waals surface area contributed by atoms with Crippen LogP contribution in [0.5, 0.6) is 0 Å². The summed E-state index contributed by atoms with van der Waals surface area (Å²) in [6.07, 6.45) is 0. The van der Waals surface area contributed by atoms with Crippen LogP contribution in [0.2, 0.25) is 0 Å². The first-order chi connectivity index (χ1) is 8.56. The third kappa shape index (κ3) is 11.3. The van der Waals surface area contributed by atoms with Crippen molar-refractivity contribution in [3.8, 4) is 0 Å². The summed E-state index contributed by atoms with van der Waals surface area (Å²) in [5, 5.41) is 2.69. The van der Waals surface area contributed by atoms with Gasteiger partial charge in [-0.2, -0.15) is 0 Å². The molecule has 0 heterocycles. The number of nitrogens with zero attached hydrogens (tertiary/aromatic N) is 3. The molecule has 0 aliphatic rings. The van der Waals surface area contributed by atoms with Crippen molar-refractivity contribution in [2.75, 3.05) is 67.1 Å². The molecule has 6 heteroatoms. The van der Waals surface area contributed by atoms with Crippen LogP contribution in [0.1, 0.15) is 0 Å². The Balaban J connectivity index is 3.35. The number of nitrogens with one attached hydrogen (secondary N) is 1. The molecule has 0 atom stereocenters. The van der Waals surface area contributed by atoms with Crippen molar-refractivity contribution in [2.24, 2.45) is 0 Å². The highest BCUT2D eigenvalue weighted by Gasteiger charge is 2.03. The Labute approximate surface area is 110 Å². The Morgan fingerprint density at radius 1 is 1.22 bits per heavy atom. The van der Waals surface area contributed by atoms with Crippen molar-refractivity contribution >= 4 is 5.91 Å². The zero-order chi connectivity index (χ0) is 13.8. The molecule has 0 bridgehead atoms. The summed E-state index contributed by atoms with van der Waals surface area (Å²) in [6, 6.07) is 0. The van der Waals surface area contributed by atoms with Crippen LogP contribution in [0.25, 0.3) is 4.85 Å². The Hall–Kier alpha value is -1.16. The molecular formula is C12H24N4O2. The lowest BCUT2D eigenvalue weighted by atomic mass is 10.5. The average molecular weight is 256 g/mol. The van der Waals surface area contributed by atoms with E-state index in [1.54, 1.807) is 0 Å². The molecule has 0 aromatic rings. The van der Waals surface area contributed by atoms with Gasteiger partial charge in [-0.1, -0.05) is 0 Å². The fourth-order valence-electron chi connectivity index (χ4n) is 1.20. The van der Waals surface area contributed by atoms with Crippen LogP contribution >= 0.6 is 0 Å². The molecule has 18 heavy (non-hydrogen) atoms. The van der Waals surface area contributed by atoms with Crippen LogP contribution in [-0.2, 0) is 9.53 Å². The second-order valence-electron chi connectivity index (χ2n) is 4.39. The number of hydrogen-bond acceptors (Lipinski definition) is 4. The van der Waals surface area contributed by atoms with E-state index < -0.39 is 0 Å². The van der Waals surface area contributed by atoms with E-state index in [2.05, 4.69) is 20.0 Å². The minimum atomic E-state index is -0.208. The largest absolute Gasteiger partial charge is 0.379 e. The molecule has 0 unspecified atom stereocenters. The normalized spacial score (nSPS) is 10.7. The van der Waals surface area contributed by atoms with Gasteiger partial charge in [-0.15, -0.1) is 0 Å². The summed E-state index contributed by atoms with van der Waals surface area (Å²) in [7, 11) is 6.01. The Morgan fingerprint density at radius 2 is 1.89 bits per heavy atom. The van der Waals surface area contributed by atoms with Gasteiger partial charge in [-0.05, 0) is 21.1 Å². The molecule has 0 aliphatic carbocycles. The number of carbonyl (C=O) groups is 1. The first kappa shape index (κ1) is 16.8. The standard InChI is InChI=1S/C12H24N4O2/c1-13-11-12(17)14-5-6-16(4)8-10-18-9-7-15(2)3/h5-11H2,2-4H3,(H,14,17). The van der Waals surface area contributed by atoms with Gasteiger partial charge in [-0.3, -0.25) is 4.79 Å². The molecule has 0 fully saturated rings. The molecular weight excluding hydrogens is 232 g/mol. The Morgan fingerprint density at radius 3 is 2.50 bits per heavy atom. The van der Waals surface area contributed by atoms with E-state index in [4.69, 9.17) is 11.3 Å². The summed E-state index contributed by atoms with van der Waals surface area (Å²) >= 11 is 0. The average Bonchev–Trinajstić information content (AvgIpc) is 2.28. The zero-order valence-electron chi connectivity index (χ0n) is 11.6. The van der Waals surface area contributed by atoms with Crippen LogP contribution in [-0.4, -0.2) is 82.8 Å². The lowest BCUT2D eigenvalue weighted by molar-refractivity contribution is -0.119. The molecule has 0 saturated carbocycles. The molecule has 104 valence electrons. The molecule has 1 N–H and O–H groups in total. The van der Waals surface area contributed by atoms with Crippen LogP contribution in [0, 0.1) is 6.57 Å². The first-order valence-electron chi connectivity index (χ1n) is 6.07. The van der Waals surface area contributed by atoms with Crippen LogP contribution in [0.4, 0.5) is 0 Å². The van der Waals surface area contributed by atoms with Crippen molar-refractivity contribution < 1.29 is 9.53 Å². The topological polar surface area (TPSA) is 49.2 Å². The van der Waals surface area contributed by atoms with Crippen molar-refractivity contribution in [3.63, 3.8) is 0 Å². The maximum Gasteiger partial charge on any atom is 0.300 e. The van der Waals surface area contributed by atoms with Crippen LogP contribution in [0.3, 0.4) is 0 Å². The lowest BCUT2D eigenvalue weighted by Gasteiger charge is -2.17. The molecule has 0 radical (unpaired) electrons. The van der Waals surface area contributed by atoms with Crippen molar-refractivity contribution in [1.29, 1.82) is 0 Å². The quantitative estimate of drug-likeness (QED) is 0.424. The number of rotatable bonds is 10. The van der Waals surface area contributed by atoms with E-state index in [0.717, 1.165) is 26.2 Å². The molecule has 0 aromatic carbocycles. The van der Waals surface area contributed by atoms with Crippen molar-refractivity contribution in [2.45, 2.75) is 0 Å². The Bertz CT molecular complexity index is 263. The third-order valence-electron chi connectivity index (χ3n) is 2.34. The summed E-state index contributed by atoms with van der Waals surface area (Å²) in [5.74, 6) is -0.208. The number of ether oxygens (including phenoxy) is 1. The van der Waals surface area contributed by atoms with Gasteiger partial charge in [-0.25, -0.2) is 6.57 Å². The van der Waals surface area contributed by atoms with E-state index in [9.17, 15) is 4.79 Å². The predicted molar refractivity (Wildman–Crippen MR) is 71.3 cm³/mol. The highest BCUT2D eigenvalue weighted by molar-refractivity contribution is 5.79. The molecule has 0 aliphatic heterocycles. The summed E-state index contributed by atoms with van der Waals surface area (Å²) in [4.78, 5) is 18.2. The summed E-state index contributed by atoms with van der Waals surface area (Å²) in [5.41, 5.74) is 0. The van der Waals surface area contributed by atoms with Gasteiger partial charge >= 0.3 is 0 Å². The molecule has 1 amide bonds. The number of carbonyl (C=O) groups excluding carboxylic acids is 1. The zero-order valence-corrected chi connectivity index (χ0v) is 11.6. The SMILES string of the molecule is [C-]#[N+]CC(=O)NCCN(C)CCOCCN(C)C. The maximum absolute atomic E-state index is 11.0. The van der Waals surface area contributed by atoms with E-state index in [1.165, 1.54) is 0 Å². The van der Waals surface area contributed by atoms with Gasteiger partial charge in [0.25, 0.3) is 12.5 Å². The number of likely N-dealkylation sites (N-methyl/N-ethyl adjacent to an activating group) is 2. The van der Waals surface area contributed by atoms with Gasteiger partial charge in [0.15, 0.2) is 0 Å². The minimum absolute atomic E-state index is 0.0860. The lowest BCUT2D eigenvalue weighted by Crippen LogP contribution is -2.35. The van der Waals surface area contributed by atoms with Gasteiger partial charge in [0, 0.05) is 26.2 Å². The van der Waals surface area contributed by atoms with E-state index in [-0.39, 0.29) is 12.5 Å². The minimum Gasteiger partial charge on any atom is -0.379 e. The third-order valence-corrected chi connectivity index (χ3v) is 2.34. The molecule has 0 rings (SSSR count). The molecule has 0 aromatic heterocycles. The van der Waals surface area contributed by atoms with Gasteiger partial charge < -0.3 is 24.7 Å². The van der Waals surface area contributed by atoms with Gasteiger partial charge in [0.05, 0.1) is 13.2 Å². The first-order valence-corrected chi connectivity index (χ1v) is 6.07. The second-order valence-corrected chi connectivity index (χ2v) is 4.39. The number of hydrogen-bond donors (Lipinski definition) is 1. The van der Waals surface area contributed by atoms with Gasteiger partial charge in [0.1, 0.15) is 0 Å². The fraction of sp³-hybridized carbons (Fsp3) is 0.833. The van der Waals surface area contributed by atoms with Crippen LogP contribution in [0.15, 0.2) is 0 Å². The molecule has 6 nitrogen and oxygen atoms in total. The molecule has 0 spiro atoms. The van der Waals surface area contributed by atoms with Crippen molar-refractivity contribution in [1.82, 2.24) is 15.1 Å².